The van der Waals surface area contributed by atoms with Gasteiger partial charge in [-0.25, -0.2) is 0 Å². The number of aliphatic carboxylic acids is 1. The molecule has 0 radical (unpaired) electrons. The minimum atomic E-state index is -0.636. The normalized spacial score (nSPS) is 32.0. The summed E-state index contributed by atoms with van der Waals surface area (Å²) in [4.78, 5) is 13.0. The first-order valence-corrected chi connectivity index (χ1v) is 5.89. The van der Waals surface area contributed by atoms with Crippen molar-refractivity contribution >= 4 is 5.97 Å². The fourth-order valence-electron chi connectivity index (χ4n) is 2.24. The molecule has 1 aliphatic heterocycles. The van der Waals surface area contributed by atoms with Crippen LogP contribution in [-0.4, -0.2) is 35.6 Å². The Hall–Kier alpha value is -0.830. The molecular weight excluding hydrogens is 190 g/mol. The van der Waals surface area contributed by atoms with Crippen molar-refractivity contribution in [3.63, 3.8) is 0 Å². The largest absolute Gasteiger partial charge is 0.481 e. The topological polar surface area (TPSA) is 40.5 Å². The van der Waals surface area contributed by atoms with Crippen molar-refractivity contribution in [1.29, 1.82) is 0 Å². The Morgan fingerprint density at radius 3 is 2.67 bits per heavy atom. The Bertz CT molecular complexity index is 256. The van der Waals surface area contributed by atoms with Gasteiger partial charge in [0, 0.05) is 6.54 Å². The summed E-state index contributed by atoms with van der Waals surface area (Å²) < 4.78 is 0. The molecule has 1 heterocycles. The standard InChI is InChI=1S/C12H19NO2/c14-12(15)11-9-10(11)5-4-8-13-6-2-1-3-7-13/h4-5,10-11H,1-3,6-9H2,(H,14,15)/b5-4-/t10-,11+/m0/s1. The highest BCUT2D eigenvalue weighted by Crippen LogP contribution is 2.39. The second kappa shape index (κ2) is 4.79. The molecule has 1 N–H and O–H groups in total. The molecule has 0 amide bonds. The van der Waals surface area contributed by atoms with Gasteiger partial charge < -0.3 is 5.11 Å². The second-order valence-corrected chi connectivity index (χ2v) is 4.63. The Balaban J connectivity index is 1.65. The van der Waals surface area contributed by atoms with Gasteiger partial charge in [-0.2, -0.15) is 0 Å². The number of hydrogen-bond donors (Lipinski definition) is 1. The summed E-state index contributed by atoms with van der Waals surface area (Å²) in [6, 6.07) is 0. The molecule has 2 aliphatic rings. The maximum Gasteiger partial charge on any atom is 0.307 e. The maximum absolute atomic E-state index is 10.6. The zero-order valence-corrected chi connectivity index (χ0v) is 9.06. The number of likely N-dealkylation sites (tertiary alicyclic amines) is 1. The lowest BCUT2D eigenvalue weighted by atomic mass is 10.1. The third-order valence-electron chi connectivity index (χ3n) is 3.35. The zero-order valence-electron chi connectivity index (χ0n) is 9.06. The number of carbonyl (C=O) groups is 1. The SMILES string of the molecule is O=C(O)[C@@H]1C[C@@H]1/C=C\CN1CCCCC1. The van der Waals surface area contributed by atoms with Crippen molar-refractivity contribution in [2.24, 2.45) is 11.8 Å². The van der Waals surface area contributed by atoms with Crippen LogP contribution in [0, 0.1) is 11.8 Å². The highest BCUT2D eigenvalue weighted by molar-refractivity contribution is 5.73. The van der Waals surface area contributed by atoms with Gasteiger partial charge in [0.15, 0.2) is 0 Å². The minimum absolute atomic E-state index is 0.0948. The summed E-state index contributed by atoms with van der Waals surface area (Å²) in [5.41, 5.74) is 0. The van der Waals surface area contributed by atoms with Crippen molar-refractivity contribution in [3.05, 3.63) is 12.2 Å². The molecule has 1 saturated carbocycles. The van der Waals surface area contributed by atoms with Gasteiger partial charge in [-0.3, -0.25) is 9.69 Å². The summed E-state index contributed by atoms with van der Waals surface area (Å²) in [7, 11) is 0. The summed E-state index contributed by atoms with van der Waals surface area (Å²) in [6.07, 6.45) is 9.08. The first-order valence-electron chi connectivity index (χ1n) is 5.89. The minimum Gasteiger partial charge on any atom is -0.481 e. The van der Waals surface area contributed by atoms with E-state index in [0.29, 0.717) is 5.92 Å². The maximum atomic E-state index is 10.6. The lowest BCUT2D eigenvalue weighted by Gasteiger charge is -2.24. The summed E-state index contributed by atoms with van der Waals surface area (Å²) >= 11 is 0. The number of rotatable bonds is 4. The van der Waals surface area contributed by atoms with Crippen molar-refractivity contribution in [2.75, 3.05) is 19.6 Å². The predicted molar refractivity (Wildman–Crippen MR) is 58.7 cm³/mol. The molecule has 2 rings (SSSR count). The third kappa shape index (κ3) is 3.06. The van der Waals surface area contributed by atoms with Crippen LogP contribution in [0.15, 0.2) is 12.2 Å². The molecule has 1 aliphatic carbocycles. The van der Waals surface area contributed by atoms with Gasteiger partial charge in [0.25, 0.3) is 0 Å². The van der Waals surface area contributed by atoms with Crippen LogP contribution < -0.4 is 0 Å². The monoisotopic (exact) mass is 209 g/mol. The molecule has 3 heteroatoms. The van der Waals surface area contributed by atoms with E-state index in [1.54, 1.807) is 0 Å². The molecule has 0 spiro atoms. The molecule has 0 bridgehead atoms. The lowest BCUT2D eigenvalue weighted by Crippen LogP contribution is -2.29. The molecule has 84 valence electrons. The van der Waals surface area contributed by atoms with E-state index in [-0.39, 0.29) is 5.92 Å². The van der Waals surface area contributed by atoms with Crippen molar-refractivity contribution in [3.8, 4) is 0 Å². The van der Waals surface area contributed by atoms with Crippen LogP contribution in [0.1, 0.15) is 25.7 Å². The first-order chi connectivity index (χ1) is 7.27. The summed E-state index contributed by atoms with van der Waals surface area (Å²) in [5, 5.41) is 8.73. The number of carboxylic acid groups (broad SMARTS) is 1. The van der Waals surface area contributed by atoms with Gasteiger partial charge in [0.1, 0.15) is 0 Å². The van der Waals surface area contributed by atoms with Crippen LogP contribution in [0.5, 0.6) is 0 Å². The van der Waals surface area contributed by atoms with Crippen molar-refractivity contribution in [2.45, 2.75) is 25.7 Å². The highest BCUT2D eigenvalue weighted by atomic mass is 16.4. The molecule has 0 aromatic rings. The van der Waals surface area contributed by atoms with Crippen LogP contribution in [0.4, 0.5) is 0 Å². The Morgan fingerprint density at radius 1 is 1.33 bits per heavy atom. The molecule has 0 unspecified atom stereocenters. The zero-order chi connectivity index (χ0) is 10.7. The van der Waals surface area contributed by atoms with Crippen LogP contribution >= 0.6 is 0 Å². The van der Waals surface area contributed by atoms with Gasteiger partial charge in [-0.1, -0.05) is 18.6 Å². The van der Waals surface area contributed by atoms with Crippen LogP contribution in [0.2, 0.25) is 0 Å². The third-order valence-corrected chi connectivity index (χ3v) is 3.35. The molecule has 2 fully saturated rings. The number of carboxylic acids is 1. The van der Waals surface area contributed by atoms with E-state index < -0.39 is 5.97 Å². The summed E-state index contributed by atoms with van der Waals surface area (Å²) in [5.74, 6) is -0.419. The Morgan fingerprint density at radius 2 is 2.07 bits per heavy atom. The molecule has 1 saturated heterocycles. The molecule has 15 heavy (non-hydrogen) atoms. The Kier molecular flexibility index (Phi) is 3.41. The smallest absolute Gasteiger partial charge is 0.307 e. The highest BCUT2D eigenvalue weighted by Gasteiger charge is 2.40. The quantitative estimate of drug-likeness (QED) is 0.717. The van der Waals surface area contributed by atoms with Gasteiger partial charge in [0.2, 0.25) is 0 Å². The number of allylic oxidation sites excluding steroid dienone is 1. The van der Waals surface area contributed by atoms with E-state index in [1.165, 1.54) is 32.4 Å². The van der Waals surface area contributed by atoms with E-state index in [9.17, 15) is 4.79 Å². The lowest BCUT2D eigenvalue weighted by molar-refractivity contribution is -0.138. The van der Waals surface area contributed by atoms with Gasteiger partial charge in [0.05, 0.1) is 5.92 Å². The van der Waals surface area contributed by atoms with Gasteiger partial charge >= 0.3 is 5.97 Å². The van der Waals surface area contributed by atoms with Gasteiger partial charge in [-0.15, -0.1) is 0 Å². The average Bonchev–Trinajstić information content (AvgIpc) is 2.99. The Labute approximate surface area is 90.8 Å². The molecular formula is C12H19NO2. The molecule has 0 aromatic carbocycles. The van der Waals surface area contributed by atoms with Crippen LogP contribution in [0.25, 0.3) is 0 Å². The number of hydrogen-bond acceptors (Lipinski definition) is 2. The fraction of sp³-hybridized carbons (Fsp3) is 0.750. The van der Waals surface area contributed by atoms with Crippen molar-refractivity contribution < 1.29 is 9.90 Å². The van der Waals surface area contributed by atoms with E-state index in [4.69, 9.17) is 5.11 Å². The van der Waals surface area contributed by atoms with E-state index in [1.807, 2.05) is 0 Å². The summed E-state index contributed by atoms with van der Waals surface area (Å²) in [6.45, 7) is 3.41. The first kappa shape index (κ1) is 10.7. The van der Waals surface area contributed by atoms with Crippen LogP contribution in [0.3, 0.4) is 0 Å². The van der Waals surface area contributed by atoms with E-state index in [2.05, 4.69) is 17.1 Å². The molecule has 0 aromatic heterocycles. The average molecular weight is 209 g/mol. The number of piperidine rings is 1. The molecule has 2 atom stereocenters. The molecule has 3 nitrogen and oxygen atoms in total. The fourth-order valence-corrected chi connectivity index (χ4v) is 2.24. The predicted octanol–water partition coefficient (Wildman–Crippen LogP) is 1.75. The van der Waals surface area contributed by atoms with Crippen molar-refractivity contribution in [1.82, 2.24) is 4.90 Å². The van der Waals surface area contributed by atoms with Gasteiger partial charge in [-0.05, 0) is 38.3 Å². The number of nitrogens with zero attached hydrogens (tertiary/aromatic N) is 1. The second-order valence-electron chi connectivity index (χ2n) is 4.63. The van der Waals surface area contributed by atoms with E-state index in [0.717, 1.165) is 13.0 Å². The van der Waals surface area contributed by atoms with E-state index >= 15 is 0 Å². The van der Waals surface area contributed by atoms with Crippen LogP contribution in [-0.2, 0) is 4.79 Å².